The van der Waals surface area contributed by atoms with Gasteiger partial charge in [0.25, 0.3) is 0 Å². The van der Waals surface area contributed by atoms with Gasteiger partial charge in [-0.3, -0.25) is 4.79 Å². The minimum atomic E-state index is -0.409. The van der Waals surface area contributed by atoms with Crippen molar-refractivity contribution in [1.29, 1.82) is 0 Å². The predicted octanol–water partition coefficient (Wildman–Crippen LogP) is 1.14. The molecule has 2 aliphatic rings. The van der Waals surface area contributed by atoms with Gasteiger partial charge in [0.15, 0.2) is 0 Å². The maximum Gasteiger partial charge on any atom is 0.239 e. The number of hydrogen-bond acceptors (Lipinski definition) is 3. The normalized spacial score (nSPS) is 26.8. The number of carbonyl (C=O) groups excluding carboxylic acids is 1. The highest BCUT2D eigenvalue weighted by Gasteiger charge is 2.36. The topological polar surface area (TPSA) is 52.6 Å². The molecule has 1 aliphatic carbocycles. The molecule has 2 fully saturated rings. The molecule has 2 unspecified atom stereocenters. The molecular weight excluding hydrogens is 228 g/mol. The summed E-state index contributed by atoms with van der Waals surface area (Å²) in [6, 6.07) is 0.567. The van der Waals surface area contributed by atoms with Crippen molar-refractivity contribution in [2.45, 2.75) is 64.6 Å². The quantitative estimate of drug-likeness (QED) is 0.773. The van der Waals surface area contributed by atoms with Crippen LogP contribution in [0.2, 0.25) is 0 Å². The van der Waals surface area contributed by atoms with E-state index in [2.05, 4.69) is 26.1 Å². The van der Waals surface area contributed by atoms with Gasteiger partial charge in [0, 0.05) is 19.1 Å². The van der Waals surface area contributed by atoms with E-state index < -0.39 is 6.10 Å². The van der Waals surface area contributed by atoms with E-state index in [1.54, 1.807) is 0 Å². The van der Waals surface area contributed by atoms with Crippen LogP contribution in [-0.2, 0) is 4.79 Å². The molecule has 1 aliphatic heterocycles. The van der Waals surface area contributed by atoms with Crippen LogP contribution in [0.4, 0.5) is 0 Å². The summed E-state index contributed by atoms with van der Waals surface area (Å²) >= 11 is 0. The lowest BCUT2D eigenvalue weighted by Gasteiger charge is -2.26. The number of aliphatic hydroxyl groups excluding tert-OH is 1. The Bertz CT molecular complexity index is 307. The summed E-state index contributed by atoms with van der Waals surface area (Å²) in [4.78, 5) is 13.9. The fourth-order valence-corrected chi connectivity index (χ4v) is 2.64. The molecule has 0 aromatic heterocycles. The fourth-order valence-electron chi connectivity index (χ4n) is 2.64. The first-order valence-corrected chi connectivity index (χ1v) is 7.08. The molecule has 1 heterocycles. The molecule has 2 atom stereocenters. The molecule has 18 heavy (non-hydrogen) atoms. The second kappa shape index (κ2) is 5.17. The van der Waals surface area contributed by atoms with Crippen molar-refractivity contribution in [1.82, 2.24) is 10.2 Å². The van der Waals surface area contributed by atoms with E-state index in [0.717, 1.165) is 19.4 Å². The lowest BCUT2D eigenvalue weighted by Crippen LogP contribution is -2.42. The van der Waals surface area contributed by atoms with Gasteiger partial charge < -0.3 is 15.3 Å². The summed E-state index contributed by atoms with van der Waals surface area (Å²) < 4.78 is 0. The van der Waals surface area contributed by atoms with E-state index in [-0.39, 0.29) is 17.4 Å². The first kappa shape index (κ1) is 13.8. The lowest BCUT2D eigenvalue weighted by molar-refractivity contribution is -0.130. The van der Waals surface area contributed by atoms with Crippen LogP contribution in [-0.4, -0.2) is 47.2 Å². The first-order chi connectivity index (χ1) is 8.35. The van der Waals surface area contributed by atoms with Crippen molar-refractivity contribution in [3.8, 4) is 0 Å². The monoisotopic (exact) mass is 254 g/mol. The number of carbonyl (C=O) groups is 1. The third kappa shape index (κ3) is 3.95. The largest absolute Gasteiger partial charge is 0.391 e. The zero-order valence-electron chi connectivity index (χ0n) is 11.8. The minimum Gasteiger partial charge on any atom is -0.391 e. The van der Waals surface area contributed by atoms with Crippen molar-refractivity contribution < 1.29 is 9.90 Å². The van der Waals surface area contributed by atoms with E-state index in [4.69, 9.17) is 0 Å². The maximum atomic E-state index is 12.1. The van der Waals surface area contributed by atoms with Crippen LogP contribution in [0.5, 0.6) is 0 Å². The number of β-amino-alcohol motifs (C(OH)–C–C–N with tert-alkyl or cyclic N) is 1. The highest BCUT2D eigenvalue weighted by Crippen LogP contribution is 2.24. The third-order valence-electron chi connectivity index (χ3n) is 3.59. The van der Waals surface area contributed by atoms with Crippen molar-refractivity contribution in [2.75, 3.05) is 13.1 Å². The van der Waals surface area contributed by atoms with Gasteiger partial charge in [0.2, 0.25) is 5.91 Å². The molecule has 2 rings (SSSR count). The number of aliphatic hydroxyl groups is 1. The van der Waals surface area contributed by atoms with Crippen LogP contribution < -0.4 is 5.32 Å². The molecule has 1 saturated heterocycles. The smallest absolute Gasteiger partial charge is 0.239 e. The van der Waals surface area contributed by atoms with Gasteiger partial charge in [-0.05, 0) is 31.1 Å². The van der Waals surface area contributed by atoms with Crippen LogP contribution in [0.3, 0.4) is 0 Å². The molecule has 0 bridgehead atoms. The zero-order chi connectivity index (χ0) is 13.3. The molecule has 0 aromatic carbocycles. The van der Waals surface area contributed by atoms with Crippen LogP contribution in [0.1, 0.15) is 46.5 Å². The molecule has 1 saturated carbocycles. The van der Waals surface area contributed by atoms with Crippen molar-refractivity contribution in [3.63, 3.8) is 0 Å². The van der Waals surface area contributed by atoms with Gasteiger partial charge in [-0.2, -0.15) is 0 Å². The molecule has 1 amide bonds. The molecule has 104 valence electrons. The van der Waals surface area contributed by atoms with Gasteiger partial charge in [0.1, 0.15) is 0 Å². The number of amides is 1. The number of rotatable bonds is 5. The van der Waals surface area contributed by atoms with E-state index >= 15 is 0 Å². The Morgan fingerprint density at radius 1 is 1.39 bits per heavy atom. The molecule has 4 heteroatoms. The third-order valence-corrected chi connectivity index (χ3v) is 3.59. The Labute approximate surface area is 110 Å². The second-order valence-electron chi connectivity index (χ2n) is 6.99. The molecule has 4 nitrogen and oxygen atoms in total. The summed E-state index contributed by atoms with van der Waals surface area (Å²) in [6.45, 7) is 7.60. The number of nitrogens with zero attached hydrogens (tertiary/aromatic N) is 1. The standard InChI is InChI=1S/C14H26N2O2/c1-14(2,3)8-11(17)9-16-7-6-12(13(16)18)15-10-4-5-10/h10-12,15,17H,4-9H2,1-3H3. The molecule has 2 N–H and O–H groups in total. The Morgan fingerprint density at radius 3 is 2.61 bits per heavy atom. The first-order valence-electron chi connectivity index (χ1n) is 7.08. The highest BCUT2D eigenvalue weighted by atomic mass is 16.3. The fraction of sp³-hybridized carbons (Fsp3) is 0.929. The molecular formula is C14H26N2O2. The molecule has 0 aromatic rings. The average Bonchev–Trinajstić information content (AvgIpc) is 2.96. The predicted molar refractivity (Wildman–Crippen MR) is 71.2 cm³/mol. The van der Waals surface area contributed by atoms with Gasteiger partial charge >= 0.3 is 0 Å². The summed E-state index contributed by atoms with van der Waals surface area (Å²) in [5, 5.41) is 13.4. The summed E-state index contributed by atoms with van der Waals surface area (Å²) in [6.07, 6.45) is 3.62. The van der Waals surface area contributed by atoms with Crippen LogP contribution in [0.15, 0.2) is 0 Å². The van der Waals surface area contributed by atoms with Gasteiger partial charge in [-0.25, -0.2) is 0 Å². The Kier molecular flexibility index (Phi) is 3.97. The van der Waals surface area contributed by atoms with Crippen molar-refractivity contribution in [2.24, 2.45) is 5.41 Å². The highest BCUT2D eigenvalue weighted by molar-refractivity contribution is 5.84. The van der Waals surface area contributed by atoms with Crippen molar-refractivity contribution in [3.05, 3.63) is 0 Å². The van der Waals surface area contributed by atoms with E-state index in [1.165, 1.54) is 12.8 Å². The summed E-state index contributed by atoms with van der Waals surface area (Å²) in [7, 11) is 0. The van der Waals surface area contributed by atoms with Gasteiger partial charge in [0.05, 0.1) is 12.1 Å². The second-order valence-corrected chi connectivity index (χ2v) is 6.99. The van der Waals surface area contributed by atoms with Gasteiger partial charge in [-0.15, -0.1) is 0 Å². The average molecular weight is 254 g/mol. The lowest BCUT2D eigenvalue weighted by atomic mass is 9.89. The van der Waals surface area contributed by atoms with Crippen molar-refractivity contribution >= 4 is 5.91 Å². The van der Waals surface area contributed by atoms with E-state index in [1.807, 2.05) is 4.90 Å². The summed E-state index contributed by atoms with van der Waals surface area (Å²) in [5.74, 6) is 0.176. The van der Waals surface area contributed by atoms with Gasteiger partial charge in [-0.1, -0.05) is 20.8 Å². The van der Waals surface area contributed by atoms with E-state index in [0.29, 0.717) is 12.6 Å². The summed E-state index contributed by atoms with van der Waals surface area (Å²) in [5.41, 5.74) is 0.105. The Hall–Kier alpha value is -0.610. The molecule has 0 radical (unpaired) electrons. The number of likely N-dealkylation sites (tertiary alicyclic amines) is 1. The van der Waals surface area contributed by atoms with Crippen LogP contribution in [0, 0.1) is 5.41 Å². The number of hydrogen-bond donors (Lipinski definition) is 2. The SMILES string of the molecule is CC(C)(C)CC(O)CN1CCC(NC2CC2)C1=O. The van der Waals surface area contributed by atoms with E-state index in [9.17, 15) is 9.90 Å². The Balaban J connectivity index is 1.77. The Morgan fingerprint density at radius 2 is 2.06 bits per heavy atom. The van der Waals surface area contributed by atoms with Crippen LogP contribution in [0.25, 0.3) is 0 Å². The maximum absolute atomic E-state index is 12.1. The number of nitrogens with one attached hydrogen (secondary N) is 1. The molecule has 0 spiro atoms. The minimum absolute atomic E-state index is 0.000614. The zero-order valence-corrected chi connectivity index (χ0v) is 11.8. The van der Waals surface area contributed by atoms with Crippen LogP contribution >= 0.6 is 0 Å².